The average molecular weight is 284 g/mol. The van der Waals surface area contributed by atoms with Gasteiger partial charge in [-0.3, -0.25) is 0 Å². The zero-order valence-electron chi connectivity index (χ0n) is 11.5. The summed E-state index contributed by atoms with van der Waals surface area (Å²) >= 11 is 1.31. The summed E-state index contributed by atoms with van der Waals surface area (Å²) in [6.45, 7) is 3.57. The van der Waals surface area contributed by atoms with E-state index in [4.69, 9.17) is 4.74 Å². The van der Waals surface area contributed by atoms with Gasteiger partial charge in [-0.15, -0.1) is 0 Å². The van der Waals surface area contributed by atoms with E-state index in [0.29, 0.717) is 6.61 Å². The van der Waals surface area contributed by atoms with Crippen LogP contribution in [-0.2, 0) is 4.74 Å². The van der Waals surface area contributed by atoms with Gasteiger partial charge in [0.25, 0.3) is 0 Å². The third kappa shape index (κ3) is 16.1. The van der Waals surface area contributed by atoms with Crippen molar-refractivity contribution >= 4 is 17.1 Å². The Balaban J connectivity index is 0. The second-order valence-electron chi connectivity index (χ2n) is 5.02. The Labute approximate surface area is 116 Å². The van der Waals surface area contributed by atoms with Crippen LogP contribution < -0.4 is 12.4 Å². The second kappa shape index (κ2) is 11.2. The van der Waals surface area contributed by atoms with E-state index in [1.807, 2.05) is 0 Å². The van der Waals surface area contributed by atoms with E-state index >= 15 is 0 Å². The summed E-state index contributed by atoms with van der Waals surface area (Å²) < 4.78 is 5.96. The summed E-state index contributed by atoms with van der Waals surface area (Å²) in [5.74, 6) is 0.892. The molecular formula is C12H26ClNO2S. The Morgan fingerprint density at radius 2 is 1.82 bits per heavy atom. The van der Waals surface area contributed by atoms with Crippen molar-refractivity contribution in [1.29, 1.82) is 0 Å². The van der Waals surface area contributed by atoms with Crippen LogP contribution >= 0.6 is 11.8 Å². The van der Waals surface area contributed by atoms with Crippen LogP contribution in [0.5, 0.6) is 0 Å². The van der Waals surface area contributed by atoms with E-state index in [1.54, 1.807) is 0 Å². The van der Waals surface area contributed by atoms with Crippen LogP contribution in [0.2, 0.25) is 0 Å². The fourth-order valence-electron chi connectivity index (χ4n) is 1.13. The van der Waals surface area contributed by atoms with Crippen LogP contribution in [-0.4, -0.2) is 49.8 Å². The number of halogens is 1. The van der Waals surface area contributed by atoms with E-state index in [9.17, 15) is 4.79 Å². The maximum absolute atomic E-state index is 11.3. The fraction of sp³-hybridized carbons (Fsp3) is 0.917. The van der Waals surface area contributed by atoms with Gasteiger partial charge in [0.2, 0.25) is 0 Å². The number of ether oxygens (including phenoxy) is 1. The number of nitrogens with zero attached hydrogens (tertiary/aromatic N) is 1. The van der Waals surface area contributed by atoms with Crippen LogP contribution in [0.1, 0.15) is 32.6 Å². The number of thioether (sulfide) groups is 1. The monoisotopic (exact) mass is 283 g/mol. The summed E-state index contributed by atoms with van der Waals surface area (Å²) in [4.78, 5) is 11.3. The van der Waals surface area contributed by atoms with Crippen molar-refractivity contribution in [2.45, 2.75) is 32.6 Å². The first-order chi connectivity index (χ1) is 7.45. The molecule has 0 radical (unpaired) electrons. The normalized spacial score (nSPS) is 10.8. The lowest BCUT2D eigenvalue weighted by molar-refractivity contribution is -0.870. The van der Waals surface area contributed by atoms with Crippen molar-refractivity contribution in [2.75, 3.05) is 40.0 Å². The minimum atomic E-state index is -0.120. The smallest absolute Gasteiger partial charge is 0.367 e. The van der Waals surface area contributed by atoms with Gasteiger partial charge in [-0.2, -0.15) is 0 Å². The Morgan fingerprint density at radius 3 is 2.35 bits per heavy atom. The highest BCUT2D eigenvalue weighted by Gasteiger charge is 2.09. The molecule has 0 aliphatic carbocycles. The highest BCUT2D eigenvalue weighted by molar-refractivity contribution is 8.13. The number of quaternary nitrogens is 1. The molecule has 0 aromatic carbocycles. The highest BCUT2D eigenvalue weighted by atomic mass is 35.5. The first-order valence-corrected chi connectivity index (χ1v) is 7.04. The summed E-state index contributed by atoms with van der Waals surface area (Å²) in [6.07, 6.45) is 4.83. The first kappa shape index (κ1) is 19.4. The number of carbonyl (C=O) groups excluding carboxylic acids is 1. The van der Waals surface area contributed by atoms with Crippen molar-refractivity contribution in [3.05, 3.63) is 0 Å². The van der Waals surface area contributed by atoms with E-state index in [0.717, 1.165) is 23.2 Å². The fourth-order valence-corrected chi connectivity index (χ4v) is 1.81. The van der Waals surface area contributed by atoms with Crippen molar-refractivity contribution in [3.63, 3.8) is 0 Å². The van der Waals surface area contributed by atoms with Crippen molar-refractivity contribution in [2.24, 2.45) is 0 Å². The molecule has 0 amide bonds. The summed E-state index contributed by atoms with van der Waals surface area (Å²) in [5.41, 5.74) is 0. The average Bonchev–Trinajstić information content (AvgIpc) is 2.15. The quantitative estimate of drug-likeness (QED) is 0.360. The molecule has 0 unspecified atom stereocenters. The molecule has 0 heterocycles. The molecule has 5 heteroatoms. The van der Waals surface area contributed by atoms with Crippen LogP contribution in [0.25, 0.3) is 0 Å². The van der Waals surface area contributed by atoms with Gasteiger partial charge in [-0.25, -0.2) is 4.79 Å². The summed E-state index contributed by atoms with van der Waals surface area (Å²) in [7, 11) is 6.27. The van der Waals surface area contributed by atoms with E-state index < -0.39 is 0 Å². The molecule has 0 spiro atoms. The minimum absolute atomic E-state index is 0. The minimum Gasteiger partial charge on any atom is -1.00 e. The van der Waals surface area contributed by atoms with E-state index in [-0.39, 0.29) is 17.7 Å². The molecular weight excluding hydrogens is 258 g/mol. The standard InChI is InChI=1S/C12H26NO2S.ClH/c1-5-6-7-8-11-16-12(14)15-10-9-13(2,3)4;/h5-11H2,1-4H3;1H/q+1;/p-1. The number of unbranched alkanes of at least 4 members (excludes halogenated alkanes) is 3. The maximum Gasteiger partial charge on any atom is 0.367 e. The molecule has 0 saturated carbocycles. The number of hydrogen-bond acceptors (Lipinski definition) is 3. The number of likely N-dealkylation sites (N-methyl/N-ethyl adjacent to an activating group) is 1. The Hall–Kier alpha value is 0.0700. The zero-order valence-corrected chi connectivity index (χ0v) is 13.1. The molecule has 0 atom stereocenters. The Morgan fingerprint density at radius 1 is 1.18 bits per heavy atom. The van der Waals surface area contributed by atoms with Crippen molar-refractivity contribution in [3.8, 4) is 0 Å². The molecule has 104 valence electrons. The molecule has 0 aliphatic heterocycles. The third-order valence-corrected chi connectivity index (χ3v) is 3.05. The largest absolute Gasteiger partial charge is 1.00 e. The molecule has 0 saturated heterocycles. The van der Waals surface area contributed by atoms with Gasteiger partial charge in [-0.05, 0) is 18.2 Å². The highest BCUT2D eigenvalue weighted by Crippen LogP contribution is 2.10. The first-order valence-electron chi connectivity index (χ1n) is 6.05. The SMILES string of the molecule is CCCCCCSC(=O)OCC[N+](C)(C)C.[Cl-]. The van der Waals surface area contributed by atoms with Crippen molar-refractivity contribution < 1.29 is 26.4 Å². The number of hydrogen-bond donors (Lipinski definition) is 0. The van der Waals surface area contributed by atoms with E-state index in [1.165, 1.54) is 31.0 Å². The Kier molecular flexibility index (Phi) is 12.8. The van der Waals surface area contributed by atoms with Gasteiger partial charge in [-0.1, -0.05) is 26.2 Å². The summed E-state index contributed by atoms with van der Waals surface area (Å²) in [6, 6.07) is 0. The molecule has 0 fully saturated rings. The number of carbonyl (C=O) groups is 1. The van der Waals surface area contributed by atoms with Gasteiger partial charge in [0.15, 0.2) is 0 Å². The van der Waals surface area contributed by atoms with Crippen molar-refractivity contribution in [1.82, 2.24) is 0 Å². The molecule has 0 aromatic rings. The third-order valence-electron chi connectivity index (χ3n) is 2.20. The van der Waals surface area contributed by atoms with Gasteiger partial charge in [0.05, 0.1) is 21.1 Å². The van der Waals surface area contributed by atoms with Gasteiger partial charge in [0, 0.05) is 5.75 Å². The topological polar surface area (TPSA) is 26.3 Å². The molecule has 0 rings (SSSR count). The lowest BCUT2D eigenvalue weighted by Crippen LogP contribution is -3.00. The van der Waals surface area contributed by atoms with Crippen LogP contribution in [0.3, 0.4) is 0 Å². The lowest BCUT2D eigenvalue weighted by atomic mass is 10.2. The molecule has 17 heavy (non-hydrogen) atoms. The molecule has 0 N–H and O–H groups in total. The van der Waals surface area contributed by atoms with E-state index in [2.05, 4.69) is 28.1 Å². The second-order valence-corrected chi connectivity index (χ2v) is 6.05. The van der Waals surface area contributed by atoms with Gasteiger partial charge in [0.1, 0.15) is 13.2 Å². The summed E-state index contributed by atoms with van der Waals surface area (Å²) in [5, 5.41) is -0.120. The van der Waals surface area contributed by atoms with Crippen LogP contribution in [0.15, 0.2) is 0 Å². The predicted molar refractivity (Wildman–Crippen MR) is 70.8 cm³/mol. The molecule has 0 aromatic heterocycles. The van der Waals surface area contributed by atoms with Gasteiger partial charge < -0.3 is 21.6 Å². The van der Waals surface area contributed by atoms with Gasteiger partial charge >= 0.3 is 5.30 Å². The maximum atomic E-state index is 11.3. The number of rotatable bonds is 8. The molecule has 0 bridgehead atoms. The van der Waals surface area contributed by atoms with Crippen LogP contribution in [0.4, 0.5) is 4.79 Å². The molecule has 0 aliphatic rings. The zero-order chi connectivity index (χ0) is 12.4. The molecule has 3 nitrogen and oxygen atoms in total. The Bertz CT molecular complexity index is 195. The van der Waals surface area contributed by atoms with Crippen LogP contribution in [0, 0.1) is 0 Å². The predicted octanol–water partition coefficient (Wildman–Crippen LogP) is 0.147. The lowest BCUT2D eigenvalue weighted by Gasteiger charge is -2.23.